The quantitative estimate of drug-likeness (QED) is 0.817. The van der Waals surface area contributed by atoms with Gasteiger partial charge in [0.25, 0.3) is 0 Å². The first-order valence-electron chi connectivity index (χ1n) is 6.72. The van der Waals surface area contributed by atoms with Gasteiger partial charge in [-0.05, 0) is 38.0 Å². The molecular formula is C14H24N2S. The second kappa shape index (κ2) is 5.49. The van der Waals surface area contributed by atoms with Crippen molar-refractivity contribution in [3.8, 4) is 0 Å². The van der Waals surface area contributed by atoms with Crippen molar-refractivity contribution in [1.82, 2.24) is 10.3 Å². The highest BCUT2D eigenvalue weighted by molar-refractivity contribution is 7.09. The Labute approximate surface area is 109 Å². The highest BCUT2D eigenvalue weighted by atomic mass is 32.1. The van der Waals surface area contributed by atoms with Gasteiger partial charge in [-0.3, -0.25) is 0 Å². The fourth-order valence-corrected chi connectivity index (χ4v) is 3.36. The lowest BCUT2D eigenvalue weighted by Gasteiger charge is -2.23. The highest BCUT2D eigenvalue weighted by Crippen LogP contribution is 2.34. The van der Waals surface area contributed by atoms with Gasteiger partial charge >= 0.3 is 0 Å². The van der Waals surface area contributed by atoms with Crippen LogP contribution < -0.4 is 5.32 Å². The Bertz CT molecular complexity index is 332. The van der Waals surface area contributed by atoms with Crippen LogP contribution in [0.2, 0.25) is 0 Å². The zero-order valence-corrected chi connectivity index (χ0v) is 12.0. The average Bonchev–Trinajstić information content (AvgIpc) is 2.73. The van der Waals surface area contributed by atoms with Crippen LogP contribution in [0.25, 0.3) is 0 Å². The van der Waals surface area contributed by atoms with Crippen LogP contribution in [0, 0.1) is 5.41 Å². The van der Waals surface area contributed by atoms with E-state index >= 15 is 0 Å². The lowest BCUT2D eigenvalue weighted by Crippen LogP contribution is -2.31. The second-order valence-corrected chi connectivity index (χ2v) is 6.98. The molecule has 0 radical (unpaired) electrons. The molecule has 1 N–H and O–H groups in total. The van der Waals surface area contributed by atoms with Gasteiger partial charge in [0.15, 0.2) is 0 Å². The van der Waals surface area contributed by atoms with Gasteiger partial charge in [0.1, 0.15) is 5.01 Å². The summed E-state index contributed by atoms with van der Waals surface area (Å²) in [5, 5.41) is 7.02. The molecule has 2 unspecified atom stereocenters. The standard InChI is InChI=1S/C14H24N2S/c1-11(13-15-9-10-17-13)16-12-5-4-7-14(2,3)8-6-12/h9-12,16H,4-8H2,1-3H3. The van der Waals surface area contributed by atoms with Gasteiger partial charge in [-0.15, -0.1) is 11.3 Å². The Balaban J connectivity index is 1.87. The third kappa shape index (κ3) is 3.78. The molecule has 3 heteroatoms. The van der Waals surface area contributed by atoms with Crippen LogP contribution >= 0.6 is 11.3 Å². The molecule has 0 bridgehead atoms. The summed E-state index contributed by atoms with van der Waals surface area (Å²) in [7, 11) is 0. The Morgan fingerprint density at radius 2 is 2.24 bits per heavy atom. The minimum Gasteiger partial charge on any atom is -0.305 e. The van der Waals surface area contributed by atoms with Crippen molar-refractivity contribution in [3.63, 3.8) is 0 Å². The van der Waals surface area contributed by atoms with Crippen LogP contribution in [-0.4, -0.2) is 11.0 Å². The van der Waals surface area contributed by atoms with E-state index in [1.807, 2.05) is 6.20 Å². The van der Waals surface area contributed by atoms with E-state index < -0.39 is 0 Å². The summed E-state index contributed by atoms with van der Waals surface area (Å²) in [6.45, 7) is 7.04. The van der Waals surface area contributed by atoms with E-state index in [0.29, 0.717) is 17.5 Å². The van der Waals surface area contributed by atoms with Gasteiger partial charge in [-0.2, -0.15) is 0 Å². The van der Waals surface area contributed by atoms with Crippen LogP contribution in [-0.2, 0) is 0 Å². The molecule has 0 spiro atoms. The molecule has 1 heterocycles. The Morgan fingerprint density at radius 3 is 2.94 bits per heavy atom. The van der Waals surface area contributed by atoms with Crippen LogP contribution in [0.4, 0.5) is 0 Å². The van der Waals surface area contributed by atoms with Crippen molar-refractivity contribution in [3.05, 3.63) is 16.6 Å². The number of rotatable bonds is 3. The number of nitrogens with one attached hydrogen (secondary N) is 1. The SMILES string of the molecule is CC(NC1CCCC(C)(C)CC1)c1nccs1. The summed E-state index contributed by atoms with van der Waals surface area (Å²) in [5.74, 6) is 0. The van der Waals surface area contributed by atoms with E-state index in [4.69, 9.17) is 0 Å². The number of aromatic nitrogens is 1. The maximum atomic E-state index is 4.39. The summed E-state index contributed by atoms with van der Waals surface area (Å²) in [4.78, 5) is 4.39. The van der Waals surface area contributed by atoms with Gasteiger partial charge in [-0.25, -0.2) is 4.98 Å². The number of hydrogen-bond acceptors (Lipinski definition) is 3. The van der Waals surface area contributed by atoms with Gasteiger partial charge in [0.2, 0.25) is 0 Å². The molecule has 2 rings (SSSR count). The molecule has 0 saturated heterocycles. The fraction of sp³-hybridized carbons (Fsp3) is 0.786. The Morgan fingerprint density at radius 1 is 1.41 bits per heavy atom. The first-order valence-corrected chi connectivity index (χ1v) is 7.60. The molecule has 1 aromatic heterocycles. The fourth-order valence-electron chi connectivity index (χ4n) is 2.70. The molecule has 1 aliphatic carbocycles. The summed E-state index contributed by atoms with van der Waals surface area (Å²) in [6, 6.07) is 1.08. The van der Waals surface area contributed by atoms with Gasteiger partial charge in [-0.1, -0.05) is 20.3 Å². The van der Waals surface area contributed by atoms with Crippen molar-refractivity contribution in [2.24, 2.45) is 5.41 Å². The predicted molar refractivity (Wildman–Crippen MR) is 74.3 cm³/mol. The molecule has 1 aliphatic rings. The van der Waals surface area contributed by atoms with Crippen molar-refractivity contribution >= 4 is 11.3 Å². The molecule has 96 valence electrons. The van der Waals surface area contributed by atoms with Crippen LogP contribution in [0.5, 0.6) is 0 Å². The van der Waals surface area contributed by atoms with Crippen molar-refractivity contribution < 1.29 is 0 Å². The van der Waals surface area contributed by atoms with Crippen molar-refractivity contribution in [2.45, 2.75) is 65.0 Å². The van der Waals surface area contributed by atoms with Crippen molar-refractivity contribution in [2.75, 3.05) is 0 Å². The number of hydrogen-bond donors (Lipinski definition) is 1. The van der Waals surface area contributed by atoms with Gasteiger partial charge < -0.3 is 5.32 Å². The maximum Gasteiger partial charge on any atom is 0.109 e. The summed E-state index contributed by atoms with van der Waals surface area (Å²) >= 11 is 1.75. The molecule has 2 nitrogen and oxygen atoms in total. The first kappa shape index (κ1) is 13.0. The lowest BCUT2D eigenvalue weighted by atomic mass is 9.85. The molecule has 1 aromatic rings. The zero-order valence-electron chi connectivity index (χ0n) is 11.2. The minimum absolute atomic E-state index is 0.404. The van der Waals surface area contributed by atoms with E-state index in [9.17, 15) is 0 Å². The zero-order chi connectivity index (χ0) is 12.3. The third-order valence-electron chi connectivity index (χ3n) is 3.88. The second-order valence-electron chi connectivity index (χ2n) is 6.05. The van der Waals surface area contributed by atoms with Crippen molar-refractivity contribution in [1.29, 1.82) is 0 Å². The summed E-state index contributed by atoms with van der Waals surface area (Å²) in [6.07, 6.45) is 8.59. The molecule has 0 aromatic carbocycles. The lowest BCUT2D eigenvalue weighted by molar-refractivity contribution is 0.307. The van der Waals surface area contributed by atoms with Crippen LogP contribution in [0.1, 0.15) is 63.9 Å². The minimum atomic E-state index is 0.404. The van der Waals surface area contributed by atoms with E-state index in [1.165, 1.54) is 37.1 Å². The third-order valence-corrected chi connectivity index (χ3v) is 4.84. The van der Waals surface area contributed by atoms with E-state index in [0.717, 1.165) is 0 Å². The first-order chi connectivity index (χ1) is 8.07. The number of nitrogens with zero attached hydrogens (tertiary/aromatic N) is 1. The largest absolute Gasteiger partial charge is 0.305 e. The maximum absolute atomic E-state index is 4.39. The van der Waals surface area contributed by atoms with Gasteiger partial charge in [0.05, 0.1) is 6.04 Å². The Hall–Kier alpha value is -0.410. The molecule has 2 atom stereocenters. The van der Waals surface area contributed by atoms with Crippen LogP contribution in [0.3, 0.4) is 0 Å². The molecule has 0 amide bonds. The van der Waals surface area contributed by atoms with Crippen LogP contribution in [0.15, 0.2) is 11.6 Å². The van der Waals surface area contributed by atoms with E-state index in [2.05, 4.69) is 36.5 Å². The molecule has 1 fully saturated rings. The van der Waals surface area contributed by atoms with Gasteiger partial charge in [0, 0.05) is 17.6 Å². The topological polar surface area (TPSA) is 24.9 Å². The monoisotopic (exact) mass is 252 g/mol. The van der Waals surface area contributed by atoms with E-state index in [-0.39, 0.29) is 0 Å². The smallest absolute Gasteiger partial charge is 0.109 e. The normalized spacial score (nSPS) is 26.4. The average molecular weight is 252 g/mol. The Kier molecular flexibility index (Phi) is 4.21. The predicted octanol–water partition coefficient (Wildman–Crippen LogP) is 4.15. The highest BCUT2D eigenvalue weighted by Gasteiger charge is 2.25. The summed E-state index contributed by atoms with van der Waals surface area (Å²) in [5.41, 5.74) is 0.543. The molecule has 17 heavy (non-hydrogen) atoms. The van der Waals surface area contributed by atoms with E-state index in [1.54, 1.807) is 11.3 Å². The summed E-state index contributed by atoms with van der Waals surface area (Å²) < 4.78 is 0. The molecule has 0 aliphatic heterocycles. The molecule has 1 saturated carbocycles. The molecular weight excluding hydrogens is 228 g/mol. The number of thiazole rings is 1.